The van der Waals surface area contributed by atoms with Crippen LogP contribution in [0, 0.1) is 17.8 Å². The van der Waals surface area contributed by atoms with Crippen molar-refractivity contribution in [3.63, 3.8) is 0 Å². The fraction of sp³-hybridized carbons (Fsp3) is 0.381. The van der Waals surface area contributed by atoms with E-state index >= 15 is 0 Å². The van der Waals surface area contributed by atoms with E-state index < -0.39 is 11.2 Å². The molecule has 0 fully saturated rings. The van der Waals surface area contributed by atoms with Crippen LogP contribution in [0.3, 0.4) is 0 Å². The fourth-order valence-corrected chi connectivity index (χ4v) is 4.27. The van der Waals surface area contributed by atoms with E-state index in [1.807, 2.05) is 6.07 Å². The average molecular weight is 380 g/mol. The van der Waals surface area contributed by atoms with Gasteiger partial charge in [-0.2, -0.15) is 5.10 Å². The summed E-state index contributed by atoms with van der Waals surface area (Å²) in [6.45, 7) is 6.44. The predicted octanol–water partition coefficient (Wildman–Crippen LogP) is 3.25. The first-order valence-corrected chi connectivity index (χ1v) is 9.45. The zero-order chi connectivity index (χ0) is 20.0. The number of allylic oxidation sites excluding steroid dienone is 2. The highest BCUT2D eigenvalue weighted by Gasteiger charge is 2.25. The molecule has 0 radical (unpaired) electrons. The van der Waals surface area contributed by atoms with Gasteiger partial charge in [-0.3, -0.25) is 4.79 Å². The van der Waals surface area contributed by atoms with Gasteiger partial charge in [0.1, 0.15) is 11.3 Å². The second-order valence-corrected chi connectivity index (χ2v) is 7.73. The molecular weight excluding hydrogens is 356 g/mol. The van der Waals surface area contributed by atoms with Crippen LogP contribution < -0.4 is 16.0 Å². The topological polar surface area (TPSA) is 92.2 Å². The van der Waals surface area contributed by atoms with Crippen molar-refractivity contribution in [1.29, 1.82) is 0 Å². The van der Waals surface area contributed by atoms with Gasteiger partial charge in [-0.15, -0.1) is 4.68 Å². The van der Waals surface area contributed by atoms with Crippen molar-refractivity contribution >= 4 is 28.2 Å². The molecule has 146 valence electrons. The van der Waals surface area contributed by atoms with Crippen molar-refractivity contribution in [2.45, 2.75) is 27.2 Å². The number of hydrogen-bond donors (Lipinski definition) is 2. The number of aromatic nitrogens is 3. The Morgan fingerprint density at radius 3 is 2.71 bits per heavy atom. The molecule has 1 aliphatic rings. The number of rotatable bonds is 3. The maximum atomic E-state index is 12.9. The summed E-state index contributed by atoms with van der Waals surface area (Å²) >= 11 is 0. The number of fused-ring (bicyclic) bond motifs is 3. The Kier molecular flexibility index (Phi) is 4.45. The third kappa shape index (κ3) is 2.96. The largest absolute Gasteiger partial charge is 0.497 e. The van der Waals surface area contributed by atoms with Gasteiger partial charge in [-0.05, 0) is 43.4 Å². The summed E-state index contributed by atoms with van der Waals surface area (Å²) in [6, 6.07) is 5.41. The Bertz CT molecular complexity index is 1230. The lowest BCUT2D eigenvalue weighted by molar-refractivity contribution is 0.361. The number of nitrogens with one attached hydrogen (secondary N) is 2. The van der Waals surface area contributed by atoms with Gasteiger partial charge in [0.05, 0.1) is 12.6 Å². The molecule has 2 aromatic heterocycles. The van der Waals surface area contributed by atoms with Crippen LogP contribution in [-0.2, 0) is 0 Å². The van der Waals surface area contributed by atoms with Crippen LogP contribution in [0.4, 0.5) is 0 Å². The van der Waals surface area contributed by atoms with Crippen molar-refractivity contribution in [1.82, 2.24) is 14.6 Å². The summed E-state index contributed by atoms with van der Waals surface area (Å²) in [5.41, 5.74) is 1.89. The first kappa shape index (κ1) is 18.3. The molecule has 7 nitrogen and oxygen atoms in total. The number of methoxy groups -OCH3 is 1. The van der Waals surface area contributed by atoms with Crippen LogP contribution in [0.25, 0.3) is 21.9 Å². The highest BCUT2D eigenvalue weighted by Crippen LogP contribution is 2.32. The highest BCUT2D eigenvalue weighted by atomic mass is 16.5. The molecule has 28 heavy (non-hydrogen) atoms. The maximum Gasteiger partial charge on any atom is 0.350 e. The summed E-state index contributed by atoms with van der Waals surface area (Å²) < 4.78 is 6.14. The van der Waals surface area contributed by atoms with Crippen molar-refractivity contribution in [2.24, 2.45) is 22.9 Å². The van der Waals surface area contributed by atoms with Gasteiger partial charge in [-0.25, -0.2) is 4.79 Å². The minimum absolute atomic E-state index is 0.178. The van der Waals surface area contributed by atoms with Crippen molar-refractivity contribution in [2.75, 3.05) is 7.11 Å². The monoisotopic (exact) mass is 380 g/mol. The van der Waals surface area contributed by atoms with E-state index in [2.05, 4.69) is 41.9 Å². The predicted molar refractivity (Wildman–Crippen MR) is 111 cm³/mol. The van der Waals surface area contributed by atoms with Gasteiger partial charge >= 0.3 is 11.2 Å². The van der Waals surface area contributed by atoms with Gasteiger partial charge in [0.25, 0.3) is 0 Å². The molecule has 1 aromatic carbocycles. The molecule has 0 spiro atoms. The molecule has 0 bridgehead atoms. The third-order valence-electron chi connectivity index (χ3n) is 5.65. The fourth-order valence-electron chi connectivity index (χ4n) is 4.27. The number of benzene rings is 1. The first-order chi connectivity index (χ1) is 13.4. The van der Waals surface area contributed by atoms with Gasteiger partial charge < -0.3 is 14.7 Å². The molecule has 2 heterocycles. The van der Waals surface area contributed by atoms with Crippen LogP contribution in [0.5, 0.6) is 5.75 Å². The Morgan fingerprint density at radius 2 is 2.00 bits per heavy atom. The average Bonchev–Trinajstić information content (AvgIpc) is 3.01. The van der Waals surface area contributed by atoms with Crippen LogP contribution in [-0.4, -0.2) is 28.0 Å². The Labute approximate surface area is 161 Å². The number of H-pyrrole nitrogens is 2. The second kappa shape index (κ2) is 6.82. The lowest BCUT2D eigenvalue weighted by Crippen LogP contribution is -2.33. The van der Waals surface area contributed by atoms with Gasteiger partial charge in [-0.1, -0.05) is 25.5 Å². The van der Waals surface area contributed by atoms with E-state index in [4.69, 9.17) is 4.74 Å². The Morgan fingerprint density at radius 1 is 1.21 bits per heavy atom. The van der Waals surface area contributed by atoms with Gasteiger partial charge in [0.2, 0.25) is 0 Å². The molecule has 0 saturated heterocycles. The van der Waals surface area contributed by atoms with Gasteiger partial charge in [0, 0.05) is 23.0 Å². The molecule has 0 amide bonds. The molecule has 3 atom stereocenters. The van der Waals surface area contributed by atoms with Crippen LogP contribution in [0.2, 0.25) is 0 Å². The smallest absolute Gasteiger partial charge is 0.350 e. The van der Waals surface area contributed by atoms with Crippen molar-refractivity contribution in [3.05, 3.63) is 50.7 Å². The molecule has 0 unspecified atom stereocenters. The molecule has 3 aromatic rings. The quantitative estimate of drug-likeness (QED) is 0.540. The molecule has 7 heteroatoms. The van der Waals surface area contributed by atoms with Crippen LogP contribution in [0.15, 0.2) is 44.5 Å². The summed E-state index contributed by atoms with van der Waals surface area (Å²) in [6.07, 6.45) is 4.97. The van der Waals surface area contributed by atoms with E-state index in [-0.39, 0.29) is 5.92 Å². The van der Waals surface area contributed by atoms with Crippen LogP contribution in [0.1, 0.15) is 27.2 Å². The first-order valence-electron chi connectivity index (χ1n) is 9.45. The minimum Gasteiger partial charge on any atom is -0.497 e. The second-order valence-electron chi connectivity index (χ2n) is 7.73. The van der Waals surface area contributed by atoms with E-state index in [0.29, 0.717) is 28.6 Å². The standard InChI is InChI=1S/C21H24N4O3/c1-11-7-12(2)16(13(3)8-11)10-22-25-20(26)19-18(24-21(25)27)15-9-14(28-4)5-6-17(15)23-19/h5-7,9-10,12-13,16,23H,8H2,1-4H3,(H,24,27)/t12-,13-,16-/m0/s1. The summed E-state index contributed by atoms with van der Waals surface area (Å²) in [5, 5.41) is 5.00. The van der Waals surface area contributed by atoms with E-state index in [0.717, 1.165) is 22.0 Å². The lowest BCUT2D eigenvalue weighted by Gasteiger charge is -2.29. The SMILES string of the molecule is COc1ccc2[nH]c3c(=O)n(N=C[C@H]4[C@@H](C)C=C(C)C[C@@H]4C)c(=O)[nH]c3c2c1. The normalized spacial score (nSPS) is 22.9. The molecule has 0 aliphatic heterocycles. The van der Waals surface area contributed by atoms with Crippen LogP contribution >= 0.6 is 0 Å². The molecule has 4 rings (SSSR count). The summed E-state index contributed by atoms with van der Waals surface area (Å²) in [7, 11) is 1.57. The number of ether oxygens (including phenoxy) is 1. The maximum absolute atomic E-state index is 12.9. The molecule has 0 saturated carbocycles. The van der Waals surface area contributed by atoms with Gasteiger partial charge in [0.15, 0.2) is 0 Å². The van der Waals surface area contributed by atoms with Crippen molar-refractivity contribution in [3.8, 4) is 5.75 Å². The lowest BCUT2D eigenvalue weighted by atomic mass is 9.76. The zero-order valence-electron chi connectivity index (χ0n) is 16.4. The van der Waals surface area contributed by atoms with E-state index in [9.17, 15) is 9.59 Å². The summed E-state index contributed by atoms with van der Waals surface area (Å²) in [5.74, 6) is 1.55. The number of aromatic amines is 2. The Hall–Kier alpha value is -3.09. The Balaban J connectivity index is 1.81. The van der Waals surface area contributed by atoms with E-state index in [1.54, 1.807) is 25.5 Å². The highest BCUT2D eigenvalue weighted by molar-refractivity contribution is 6.04. The number of hydrogen-bond acceptors (Lipinski definition) is 4. The minimum atomic E-state index is -0.555. The van der Waals surface area contributed by atoms with Crippen molar-refractivity contribution < 1.29 is 4.74 Å². The van der Waals surface area contributed by atoms with E-state index in [1.165, 1.54) is 5.57 Å². The third-order valence-corrected chi connectivity index (χ3v) is 5.65. The molecular formula is C21H24N4O3. The summed E-state index contributed by atoms with van der Waals surface area (Å²) in [4.78, 5) is 31.4. The number of nitrogens with zero attached hydrogens (tertiary/aromatic N) is 2. The molecule has 1 aliphatic carbocycles. The zero-order valence-corrected chi connectivity index (χ0v) is 16.4. The molecule has 2 N–H and O–H groups in total.